The van der Waals surface area contributed by atoms with Crippen LogP contribution in [-0.4, -0.2) is 5.84 Å². The first-order valence-electron chi connectivity index (χ1n) is 3.02. The summed E-state index contributed by atoms with van der Waals surface area (Å²) in [5.74, 6) is 0.168. The highest BCUT2D eigenvalue weighted by molar-refractivity contribution is 7.14. The Bertz CT molecular complexity index is 243. The molecule has 0 saturated heterocycles. The van der Waals surface area contributed by atoms with E-state index < -0.39 is 0 Å². The third-order valence-electron chi connectivity index (χ3n) is 1.43. The third kappa shape index (κ3) is 1.19. The fraction of sp³-hybridized carbons (Fsp3) is 0.286. The second-order valence-corrected chi connectivity index (χ2v) is 3.52. The van der Waals surface area contributed by atoms with Gasteiger partial charge in [0, 0.05) is 4.88 Å². The summed E-state index contributed by atoms with van der Waals surface area (Å²) in [4.78, 5) is 2.11. The molecule has 0 bridgehead atoms. The zero-order valence-corrected chi connectivity index (χ0v) is 6.88. The van der Waals surface area contributed by atoms with Crippen LogP contribution in [0.1, 0.15) is 15.3 Å². The molecule has 0 aliphatic rings. The molecule has 1 heterocycles. The van der Waals surface area contributed by atoms with Crippen LogP contribution >= 0.6 is 11.3 Å². The Balaban J connectivity index is 3.10. The second kappa shape index (κ2) is 2.42. The van der Waals surface area contributed by atoms with Gasteiger partial charge in [-0.15, -0.1) is 11.3 Å². The predicted molar refractivity (Wildman–Crippen MR) is 44.8 cm³/mol. The minimum Gasteiger partial charge on any atom is -0.383 e. The molecule has 0 aliphatic carbocycles. The Morgan fingerprint density at radius 1 is 1.60 bits per heavy atom. The van der Waals surface area contributed by atoms with Crippen LogP contribution in [0.5, 0.6) is 0 Å². The number of amidine groups is 1. The van der Waals surface area contributed by atoms with Crippen LogP contribution in [0.25, 0.3) is 0 Å². The van der Waals surface area contributed by atoms with E-state index in [1.165, 1.54) is 10.4 Å². The molecule has 1 aromatic heterocycles. The minimum atomic E-state index is 0.168. The van der Waals surface area contributed by atoms with Gasteiger partial charge in [-0.2, -0.15) is 0 Å². The second-order valence-electron chi connectivity index (χ2n) is 2.26. The normalized spacial score (nSPS) is 9.80. The number of nitrogens with one attached hydrogen (secondary N) is 1. The lowest BCUT2D eigenvalue weighted by atomic mass is 10.3. The van der Waals surface area contributed by atoms with Gasteiger partial charge in [0.15, 0.2) is 0 Å². The van der Waals surface area contributed by atoms with Crippen molar-refractivity contribution in [2.45, 2.75) is 13.8 Å². The maximum Gasteiger partial charge on any atom is 0.133 e. The number of hydrogen-bond donors (Lipinski definition) is 2. The fourth-order valence-corrected chi connectivity index (χ4v) is 1.60. The van der Waals surface area contributed by atoms with Gasteiger partial charge in [-0.3, -0.25) is 5.41 Å². The van der Waals surface area contributed by atoms with Gasteiger partial charge in [-0.25, -0.2) is 0 Å². The van der Waals surface area contributed by atoms with Crippen molar-refractivity contribution < 1.29 is 0 Å². The third-order valence-corrected chi connectivity index (χ3v) is 2.62. The molecule has 1 rings (SSSR count). The van der Waals surface area contributed by atoms with Gasteiger partial charge in [0.1, 0.15) is 5.84 Å². The maximum atomic E-state index is 7.13. The molecule has 3 heteroatoms. The van der Waals surface area contributed by atoms with E-state index >= 15 is 0 Å². The van der Waals surface area contributed by atoms with Gasteiger partial charge >= 0.3 is 0 Å². The Labute approximate surface area is 64.2 Å². The summed E-state index contributed by atoms with van der Waals surface area (Å²) in [6, 6.07) is 1.95. The highest BCUT2D eigenvalue weighted by atomic mass is 32.1. The van der Waals surface area contributed by atoms with Crippen molar-refractivity contribution in [2.24, 2.45) is 5.73 Å². The zero-order valence-electron chi connectivity index (χ0n) is 6.06. The lowest BCUT2D eigenvalue weighted by Gasteiger charge is -1.86. The number of aryl methyl sites for hydroxylation is 2. The number of hydrogen-bond acceptors (Lipinski definition) is 2. The standard InChI is InChI=1S/C7H10N2S/c1-4-3-6(7(8)9)10-5(4)2/h3H,1-2H3,(H3,8,9). The topological polar surface area (TPSA) is 49.9 Å². The van der Waals surface area contributed by atoms with Crippen LogP contribution in [0.2, 0.25) is 0 Å². The van der Waals surface area contributed by atoms with Crippen molar-refractivity contribution in [3.05, 3.63) is 21.4 Å². The van der Waals surface area contributed by atoms with Crippen LogP contribution in [0, 0.1) is 19.3 Å². The molecule has 2 nitrogen and oxygen atoms in total. The van der Waals surface area contributed by atoms with Gasteiger partial charge in [-0.05, 0) is 25.5 Å². The molecule has 0 spiro atoms. The quantitative estimate of drug-likeness (QED) is 0.469. The molecule has 0 atom stereocenters. The summed E-state index contributed by atoms with van der Waals surface area (Å²) >= 11 is 1.57. The average Bonchev–Trinajstić information content (AvgIpc) is 2.13. The molecule has 0 saturated carbocycles. The zero-order chi connectivity index (χ0) is 7.72. The SMILES string of the molecule is Cc1cc(C(=N)N)sc1C. The fourth-order valence-electron chi connectivity index (χ4n) is 0.706. The maximum absolute atomic E-state index is 7.13. The van der Waals surface area contributed by atoms with Crippen LogP contribution in [0.15, 0.2) is 6.07 Å². The van der Waals surface area contributed by atoms with E-state index in [9.17, 15) is 0 Å². The lowest BCUT2D eigenvalue weighted by molar-refractivity contribution is 1.42. The Morgan fingerprint density at radius 3 is 2.40 bits per heavy atom. The molecule has 3 N–H and O–H groups in total. The molecular weight excluding hydrogens is 144 g/mol. The summed E-state index contributed by atoms with van der Waals surface area (Å²) in [6.07, 6.45) is 0. The number of nitrogen functional groups attached to an aromatic ring is 1. The number of thiophene rings is 1. The van der Waals surface area contributed by atoms with Crippen LogP contribution in [-0.2, 0) is 0 Å². The number of rotatable bonds is 1. The minimum absolute atomic E-state index is 0.168. The molecule has 10 heavy (non-hydrogen) atoms. The first-order valence-corrected chi connectivity index (χ1v) is 3.84. The summed E-state index contributed by atoms with van der Waals surface area (Å²) in [6.45, 7) is 4.06. The molecular formula is C7H10N2S. The van der Waals surface area contributed by atoms with E-state index in [1.807, 2.05) is 19.9 Å². The summed E-state index contributed by atoms with van der Waals surface area (Å²) in [7, 11) is 0. The molecule has 1 aromatic rings. The van der Waals surface area contributed by atoms with Crippen molar-refractivity contribution in [1.82, 2.24) is 0 Å². The van der Waals surface area contributed by atoms with Gasteiger partial charge in [0.05, 0.1) is 4.88 Å². The molecule has 0 fully saturated rings. The monoisotopic (exact) mass is 154 g/mol. The Kier molecular flexibility index (Phi) is 1.76. The Morgan fingerprint density at radius 2 is 2.20 bits per heavy atom. The molecule has 54 valence electrons. The molecule has 0 amide bonds. The highest BCUT2D eigenvalue weighted by Crippen LogP contribution is 2.19. The number of nitrogens with two attached hydrogens (primary N) is 1. The van der Waals surface area contributed by atoms with Crippen molar-refractivity contribution in [2.75, 3.05) is 0 Å². The van der Waals surface area contributed by atoms with E-state index in [1.54, 1.807) is 11.3 Å². The van der Waals surface area contributed by atoms with Crippen molar-refractivity contribution in [1.29, 1.82) is 5.41 Å². The predicted octanol–water partition coefficient (Wildman–Crippen LogP) is 1.65. The van der Waals surface area contributed by atoms with Crippen LogP contribution < -0.4 is 5.73 Å². The largest absolute Gasteiger partial charge is 0.383 e. The van der Waals surface area contributed by atoms with Gasteiger partial charge in [-0.1, -0.05) is 0 Å². The van der Waals surface area contributed by atoms with E-state index in [0.717, 1.165) is 4.88 Å². The van der Waals surface area contributed by atoms with Crippen LogP contribution in [0.4, 0.5) is 0 Å². The first kappa shape index (κ1) is 7.28. The first-order chi connectivity index (χ1) is 4.61. The van der Waals surface area contributed by atoms with E-state index in [-0.39, 0.29) is 5.84 Å². The molecule has 0 unspecified atom stereocenters. The highest BCUT2D eigenvalue weighted by Gasteiger charge is 2.02. The summed E-state index contributed by atoms with van der Waals surface area (Å²) < 4.78 is 0. The van der Waals surface area contributed by atoms with E-state index in [2.05, 4.69) is 0 Å². The van der Waals surface area contributed by atoms with Crippen molar-refractivity contribution >= 4 is 17.2 Å². The smallest absolute Gasteiger partial charge is 0.133 e. The van der Waals surface area contributed by atoms with E-state index in [4.69, 9.17) is 11.1 Å². The average molecular weight is 154 g/mol. The molecule has 0 aliphatic heterocycles. The summed E-state index contributed by atoms with van der Waals surface area (Å²) in [5.41, 5.74) is 6.51. The van der Waals surface area contributed by atoms with Gasteiger partial charge in [0.25, 0.3) is 0 Å². The summed E-state index contributed by atoms with van der Waals surface area (Å²) in [5, 5.41) is 7.13. The van der Waals surface area contributed by atoms with Crippen LogP contribution in [0.3, 0.4) is 0 Å². The van der Waals surface area contributed by atoms with Gasteiger partial charge < -0.3 is 5.73 Å². The van der Waals surface area contributed by atoms with E-state index in [0.29, 0.717) is 0 Å². The lowest BCUT2D eigenvalue weighted by Crippen LogP contribution is -2.08. The van der Waals surface area contributed by atoms with Gasteiger partial charge in [0.2, 0.25) is 0 Å². The molecule has 0 aromatic carbocycles. The molecule has 0 radical (unpaired) electrons. The van der Waals surface area contributed by atoms with Crippen molar-refractivity contribution in [3.8, 4) is 0 Å². The Hall–Kier alpha value is -0.830. The van der Waals surface area contributed by atoms with Crippen molar-refractivity contribution in [3.63, 3.8) is 0 Å².